The molecule has 1 nitrogen and oxygen atoms in total. The van der Waals surface area contributed by atoms with Gasteiger partial charge >= 0.3 is 0 Å². The Hall–Kier alpha value is 3.93. The van der Waals surface area contributed by atoms with Crippen LogP contribution in [0.3, 0.4) is 0 Å². The Balaban J connectivity index is 0. The molecule has 0 saturated heterocycles. The Bertz CT molecular complexity index is 17.2. The molecule has 0 rings (SSSR count). The Morgan fingerprint density at radius 3 is 0.500 bits per heavy atom. The molecule has 0 aliphatic carbocycles. The van der Waals surface area contributed by atoms with Crippen LogP contribution in [-0.4, -0.2) is 5.48 Å². The van der Waals surface area contributed by atoms with Crippen molar-refractivity contribution in [3.05, 3.63) is 0 Å². The second kappa shape index (κ2) is 119. The maximum atomic E-state index is 0. The van der Waals surface area contributed by atoms with E-state index in [0.29, 0.717) is 0 Å². The van der Waals surface area contributed by atoms with E-state index in [4.69, 9.17) is 0 Å². The van der Waals surface area contributed by atoms with Crippen molar-refractivity contribution in [2.75, 3.05) is 0 Å². The van der Waals surface area contributed by atoms with Crippen LogP contribution in [0, 0.1) is 0 Å². The van der Waals surface area contributed by atoms with E-state index in [1.807, 2.05) is 0 Å². The van der Waals surface area contributed by atoms with E-state index in [1.54, 1.807) is 0 Å². The number of rotatable bonds is 0. The molecule has 0 aromatic heterocycles. The second-order valence-electron chi connectivity index (χ2n) is 0. The van der Waals surface area contributed by atoms with Gasteiger partial charge in [-0.2, -0.15) is 0 Å². The maximum absolute atomic E-state index is 0. The van der Waals surface area contributed by atoms with Crippen molar-refractivity contribution in [2.45, 2.75) is 0 Å². The summed E-state index contributed by atoms with van der Waals surface area (Å²) in [6, 6.07) is 0. The minimum Gasteiger partial charge on any atom is -0.813 e. The predicted molar refractivity (Wildman–Crippen MR) is 44.2 cm³/mol. The van der Waals surface area contributed by atoms with E-state index in [2.05, 4.69) is 0 Å². The molecule has 0 atom stereocenters. The van der Waals surface area contributed by atoms with Gasteiger partial charge in [0.1, 0.15) is 0 Å². The molecule has 82 valence electrons. The Kier molecular flexibility index (Phi) is 1800. The predicted octanol–water partition coefficient (Wildman–Crippen LogP) is -2.99. The van der Waals surface area contributed by atoms with Crippen molar-refractivity contribution in [3.8, 4) is 0 Å². The van der Waals surface area contributed by atoms with Gasteiger partial charge in [-0.1, -0.05) is 27.0 Å². The van der Waals surface area contributed by atoms with Crippen LogP contribution in [0.5, 0.6) is 0 Å². The van der Waals surface area contributed by atoms with E-state index in [1.165, 1.54) is 0 Å². The van der Waals surface area contributed by atoms with E-state index in [0.717, 1.165) is 0 Å². The SMILES string of the molecule is O.[Fe].[Fe].[Fe].[Fe].[Ni].[SH-].[SH-].[SH3+].[SH3+]. The third-order valence-electron chi connectivity index (χ3n) is 0. The minimum absolute atomic E-state index is 0. The largest absolute Gasteiger partial charge is 0.813 e. The molecule has 0 aromatic rings. The summed E-state index contributed by atoms with van der Waals surface area (Å²) in [4.78, 5) is 0. The monoisotopic (exact) mass is 436 g/mol. The van der Waals surface area contributed by atoms with Gasteiger partial charge in [-0.25, -0.2) is 0 Å². The van der Waals surface area contributed by atoms with Crippen LogP contribution in [0.4, 0.5) is 0 Å². The Labute approximate surface area is 142 Å². The number of thiol groups is 2. The molecule has 0 unspecified atom stereocenters. The molecule has 0 saturated carbocycles. The first-order chi connectivity index (χ1) is 0. The average molecular weight is 436 g/mol. The minimum atomic E-state index is 0. The zero-order chi connectivity index (χ0) is 0. The summed E-state index contributed by atoms with van der Waals surface area (Å²) >= 11 is 0. The Morgan fingerprint density at radius 1 is 0.500 bits per heavy atom. The molecule has 0 heterocycles. The van der Waals surface area contributed by atoms with Crippen molar-refractivity contribution < 1.29 is 90.2 Å². The first kappa shape index (κ1) is 151. The smallest absolute Gasteiger partial charge is 0 e. The summed E-state index contributed by atoms with van der Waals surface area (Å²) in [5.74, 6) is 0. The summed E-state index contributed by atoms with van der Waals surface area (Å²) in [6.45, 7) is 0. The second-order valence-corrected chi connectivity index (χ2v) is 0. The van der Waals surface area contributed by atoms with Crippen LogP contribution >= 0.6 is 0 Å². The van der Waals surface area contributed by atoms with Gasteiger partial charge < -0.3 is 32.5 Å². The van der Waals surface area contributed by atoms with Crippen LogP contribution in [0.2, 0.25) is 0 Å². The topological polar surface area (TPSA) is 31.5 Å². The molecular formula is H10Fe4NiOS4. The molecule has 0 aromatic carbocycles. The van der Waals surface area contributed by atoms with Crippen LogP contribution in [0.15, 0.2) is 0 Å². The fraction of sp³-hybridized carbons (Fsp3) is 0. The van der Waals surface area contributed by atoms with E-state index in [-0.39, 0.29) is 144 Å². The summed E-state index contributed by atoms with van der Waals surface area (Å²) < 4.78 is 0. The summed E-state index contributed by atoms with van der Waals surface area (Å²) in [5.41, 5.74) is 0. The summed E-state index contributed by atoms with van der Waals surface area (Å²) in [5, 5.41) is 0. The van der Waals surface area contributed by atoms with Crippen LogP contribution in [0.25, 0.3) is 0 Å². The van der Waals surface area contributed by atoms with E-state index < -0.39 is 0 Å². The number of hydrogen-bond acceptors (Lipinski definition) is 2. The summed E-state index contributed by atoms with van der Waals surface area (Å²) in [6.07, 6.45) is 0. The van der Waals surface area contributed by atoms with E-state index in [9.17, 15) is 0 Å². The van der Waals surface area contributed by atoms with Gasteiger partial charge in [0, 0.05) is 84.8 Å². The first-order valence-corrected chi connectivity index (χ1v) is 0. The van der Waals surface area contributed by atoms with Gasteiger partial charge in [0.15, 0.2) is 0 Å². The van der Waals surface area contributed by atoms with Gasteiger partial charge in [0.05, 0.1) is 0 Å². The third kappa shape index (κ3) is 92.2. The van der Waals surface area contributed by atoms with Crippen molar-refractivity contribution in [1.29, 1.82) is 0 Å². The fourth-order valence-corrected chi connectivity index (χ4v) is 0. The van der Waals surface area contributed by atoms with Gasteiger partial charge in [-0.05, 0) is 0 Å². The normalized spacial score (nSPS) is 0. The Morgan fingerprint density at radius 2 is 0.500 bits per heavy atom. The van der Waals surface area contributed by atoms with Gasteiger partial charge in [-0.15, -0.1) is 0 Å². The molecule has 2 N–H and O–H groups in total. The van der Waals surface area contributed by atoms with Gasteiger partial charge in [0.2, 0.25) is 0 Å². The zero-order valence-corrected chi connectivity index (χ0v) is 13.8. The molecule has 0 bridgehead atoms. The first-order valence-electron chi connectivity index (χ1n) is 0. The quantitative estimate of drug-likeness (QED) is 0.176. The molecule has 0 amide bonds. The third-order valence-corrected chi connectivity index (χ3v) is 0. The maximum Gasteiger partial charge on any atom is 0 e. The molecule has 0 aliphatic heterocycles. The number of hydrogen-bond donors (Lipinski definition) is 0. The zero-order valence-electron chi connectivity index (χ0n) is 4.28. The van der Waals surface area contributed by atoms with Crippen molar-refractivity contribution >= 4 is 54.0 Å². The van der Waals surface area contributed by atoms with Crippen LogP contribution < -0.4 is 0 Å². The van der Waals surface area contributed by atoms with Gasteiger partial charge in [0.25, 0.3) is 0 Å². The molecule has 0 fully saturated rings. The fourth-order valence-electron chi connectivity index (χ4n) is 0. The summed E-state index contributed by atoms with van der Waals surface area (Å²) in [7, 11) is 0. The molecule has 0 radical (unpaired) electrons. The molecule has 10 heteroatoms. The van der Waals surface area contributed by atoms with Crippen molar-refractivity contribution in [2.24, 2.45) is 0 Å². The molecule has 10 heavy (non-hydrogen) atoms. The average Bonchev–Trinajstić information content (AvgIpc) is 0. The van der Waals surface area contributed by atoms with E-state index >= 15 is 0 Å². The molecule has 0 aliphatic rings. The van der Waals surface area contributed by atoms with Gasteiger partial charge in [-0.3, -0.25) is 0 Å². The van der Waals surface area contributed by atoms with Crippen LogP contribution in [-0.2, 0) is 139 Å². The standard InChI is InChI=1S/4Fe.Ni.H2O.4H2S/h;;;;;5*1H2. The van der Waals surface area contributed by atoms with Crippen molar-refractivity contribution in [1.82, 2.24) is 0 Å². The molecular weight excluding hydrogens is 426 g/mol. The van der Waals surface area contributed by atoms with Crippen LogP contribution in [0.1, 0.15) is 0 Å². The van der Waals surface area contributed by atoms with Crippen molar-refractivity contribution in [3.63, 3.8) is 0 Å². The molecule has 0 spiro atoms.